The van der Waals surface area contributed by atoms with E-state index in [4.69, 9.17) is 9.47 Å². The maximum atomic E-state index is 6.12. The molecule has 2 aliphatic heterocycles. The number of piperidine rings is 1. The van der Waals surface area contributed by atoms with Crippen LogP contribution < -0.4 is 9.47 Å². The zero-order valence-corrected chi connectivity index (χ0v) is 17.8. The Morgan fingerprint density at radius 1 is 0.900 bits per heavy atom. The minimum absolute atomic E-state index is 0.0173. The summed E-state index contributed by atoms with van der Waals surface area (Å²) in [6.07, 6.45) is 3.84. The number of para-hydroxylation sites is 3. The summed E-state index contributed by atoms with van der Waals surface area (Å²) in [6, 6.07) is 18.2. The van der Waals surface area contributed by atoms with Crippen LogP contribution in [0.1, 0.15) is 25.1 Å². The Labute approximate surface area is 181 Å². The van der Waals surface area contributed by atoms with Gasteiger partial charge >= 0.3 is 0 Å². The van der Waals surface area contributed by atoms with Crippen LogP contribution in [0.25, 0.3) is 5.69 Å². The Balaban J connectivity index is 1.33. The van der Waals surface area contributed by atoms with E-state index in [1.54, 1.807) is 11.8 Å². The molecule has 7 heteroatoms. The zero-order valence-electron chi connectivity index (χ0n) is 16.9. The van der Waals surface area contributed by atoms with Crippen molar-refractivity contribution in [2.75, 3.05) is 25.4 Å². The van der Waals surface area contributed by atoms with Gasteiger partial charge in [-0.05, 0) is 50.2 Å². The first-order valence-corrected chi connectivity index (χ1v) is 11.6. The van der Waals surface area contributed by atoms with E-state index in [0.29, 0.717) is 6.61 Å². The van der Waals surface area contributed by atoms with Crippen LogP contribution in [0.3, 0.4) is 0 Å². The van der Waals surface area contributed by atoms with E-state index in [9.17, 15) is 0 Å². The molecule has 0 bridgehead atoms. The molecule has 1 unspecified atom stereocenters. The average Bonchev–Trinajstić information content (AvgIpc) is 3.21. The van der Waals surface area contributed by atoms with Gasteiger partial charge in [0, 0.05) is 11.4 Å². The van der Waals surface area contributed by atoms with Gasteiger partial charge in [0.1, 0.15) is 12.7 Å². The van der Waals surface area contributed by atoms with Crippen LogP contribution in [0, 0.1) is 0 Å². The summed E-state index contributed by atoms with van der Waals surface area (Å²) >= 11 is 1.67. The maximum absolute atomic E-state index is 6.12. The molecule has 0 saturated carbocycles. The van der Waals surface area contributed by atoms with Crippen LogP contribution in [-0.2, 0) is 6.54 Å². The first kappa shape index (κ1) is 19.5. The minimum atomic E-state index is -0.0173. The monoisotopic (exact) mass is 422 g/mol. The Bertz CT molecular complexity index is 972. The summed E-state index contributed by atoms with van der Waals surface area (Å²) in [5.74, 6) is 3.37. The standard InChI is InChI=1S/C23H26N4O2S/c1-3-9-18(10-4-1)27-22(15-26-13-7-2-8-14-26)24-25-23(27)30-17-19-16-28-20-11-5-6-12-21(20)29-19/h1,3-6,9-12,19H,2,7-8,13-17H2. The topological polar surface area (TPSA) is 52.4 Å². The van der Waals surface area contributed by atoms with Crippen LogP contribution in [0.2, 0.25) is 0 Å². The Morgan fingerprint density at radius 3 is 2.50 bits per heavy atom. The van der Waals surface area contributed by atoms with Gasteiger partial charge in [0.05, 0.1) is 6.54 Å². The molecule has 6 nitrogen and oxygen atoms in total. The predicted octanol–water partition coefficient (Wildman–Crippen LogP) is 4.19. The lowest BCUT2D eigenvalue weighted by molar-refractivity contribution is 0.107. The fourth-order valence-electron chi connectivity index (χ4n) is 3.96. The highest BCUT2D eigenvalue weighted by molar-refractivity contribution is 7.99. The van der Waals surface area contributed by atoms with Crippen LogP contribution in [-0.4, -0.2) is 51.2 Å². The largest absolute Gasteiger partial charge is 0.486 e. The molecule has 0 aliphatic carbocycles. The summed E-state index contributed by atoms with van der Waals surface area (Å²) in [5.41, 5.74) is 1.10. The fraction of sp³-hybridized carbons (Fsp3) is 0.391. The third kappa shape index (κ3) is 4.32. The second-order valence-electron chi connectivity index (χ2n) is 7.72. The van der Waals surface area contributed by atoms with E-state index >= 15 is 0 Å². The number of likely N-dealkylation sites (tertiary alicyclic amines) is 1. The SMILES string of the molecule is c1ccc(-n2c(CN3CCCCC3)nnc2SCC2COc3ccccc3O2)cc1. The summed E-state index contributed by atoms with van der Waals surface area (Å²) in [6.45, 7) is 3.65. The summed E-state index contributed by atoms with van der Waals surface area (Å²) < 4.78 is 14.2. The van der Waals surface area contributed by atoms with Crippen molar-refractivity contribution in [2.45, 2.75) is 37.1 Å². The van der Waals surface area contributed by atoms with Crippen molar-refractivity contribution in [1.82, 2.24) is 19.7 Å². The van der Waals surface area contributed by atoms with Crippen molar-refractivity contribution < 1.29 is 9.47 Å². The van der Waals surface area contributed by atoms with E-state index in [1.807, 2.05) is 30.3 Å². The number of hydrogen-bond donors (Lipinski definition) is 0. The van der Waals surface area contributed by atoms with E-state index in [0.717, 1.165) is 53.6 Å². The van der Waals surface area contributed by atoms with Gasteiger partial charge in [-0.3, -0.25) is 9.47 Å². The number of benzene rings is 2. The van der Waals surface area contributed by atoms with Crippen LogP contribution in [0.5, 0.6) is 11.5 Å². The highest BCUT2D eigenvalue weighted by Gasteiger charge is 2.23. The van der Waals surface area contributed by atoms with Crippen molar-refractivity contribution >= 4 is 11.8 Å². The second kappa shape index (κ2) is 9.10. The normalized spacial score (nSPS) is 19.0. The molecule has 1 saturated heterocycles. The van der Waals surface area contributed by atoms with Gasteiger partial charge in [0.2, 0.25) is 0 Å². The van der Waals surface area contributed by atoms with Gasteiger partial charge in [0.15, 0.2) is 22.5 Å². The summed E-state index contributed by atoms with van der Waals surface area (Å²) in [5, 5.41) is 10.0. The molecule has 0 N–H and O–H groups in total. The highest BCUT2D eigenvalue weighted by Crippen LogP contribution is 2.33. The number of hydrogen-bond acceptors (Lipinski definition) is 6. The third-order valence-electron chi connectivity index (χ3n) is 5.49. The molecule has 0 spiro atoms. The van der Waals surface area contributed by atoms with Gasteiger partial charge in [-0.25, -0.2) is 0 Å². The lowest BCUT2D eigenvalue weighted by Crippen LogP contribution is -2.31. The average molecular weight is 423 g/mol. The fourth-order valence-corrected chi connectivity index (χ4v) is 4.90. The Hall–Kier alpha value is -2.51. The number of fused-ring (bicyclic) bond motifs is 1. The van der Waals surface area contributed by atoms with Crippen molar-refractivity contribution in [3.63, 3.8) is 0 Å². The number of thioether (sulfide) groups is 1. The molecular weight excluding hydrogens is 396 g/mol. The number of ether oxygens (including phenoxy) is 2. The summed E-state index contributed by atoms with van der Waals surface area (Å²) in [4.78, 5) is 2.48. The first-order valence-electron chi connectivity index (χ1n) is 10.6. The predicted molar refractivity (Wildman–Crippen MR) is 118 cm³/mol. The Kier molecular flexibility index (Phi) is 5.90. The second-order valence-corrected chi connectivity index (χ2v) is 8.70. The van der Waals surface area contributed by atoms with Crippen molar-refractivity contribution in [3.8, 4) is 17.2 Å². The molecule has 30 heavy (non-hydrogen) atoms. The third-order valence-corrected chi connectivity index (χ3v) is 6.56. The van der Waals surface area contributed by atoms with Gasteiger partial charge < -0.3 is 9.47 Å². The maximum Gasteiger partial charge on any atom is 0.196 e. The molecule has 156 valence electrons. The van der Waals surface area contributed by atoms with E-state index in [2.05, 4.69) is 43.9 Å². The number of nitrogens with zero attached hydrogens (tertiary/aromatic N) is 4. The molecule has 3 heterocycles. The first-order chi connectivity index (χ1) is 14.9. The molecular formula is C23H26N4O2S. The highest BCUT2D eigenvalue weighted by atomic mass is 32.2. The zero-order chi connectivity index (χ0) is 20.2. The molecule has 1 atom stereocenters. The molecule has 0 amide bonds. The molecule has 3 aromatic rings. The van der Waals surface area contributed by atoms with Crippen molar-refractivity contribution in [2.24, 2.45) is 0 Å². The molecule has 1 aromatic heterocycles. The molecule has 0 radical (unpaired) electrons. The molecule has 2 aliphatic rings. The van der Waals surface area contributed by atoms with Gasteiger partial charge in [-0.2, -0.15) is 0 Å². The quantitative estimate of drug-likeness (QED) is 0.556. The molecule has 1 fully saturated rings. The van der Waals surface area contributed by atoms with Crippen LogP contribution in [0.15, 0.2) is 59.8 Å². The number of rotatable bonds is 6. The smallest absolute Gasteiger partial charge is 0.196 e. The summed E-state index contributed by atoms with van der Waals surface area (Å²) in [7, 11) is 0. The van der Waals surface area contributed by atoms with E-state index in [-0.39, 0.29) is 6.10 Å². The molecule has 2 aromatic carbocycles. The minimum Gasteiger partial charge on any atom is -0.486 e. The number of aromatic nitrogens is 3. The van der Waals surface area contributed by atoms with E-state index < -0.39 is 0 Å². The molecule has 5 rings (SSSR count). The van der Waals surface area contributed by atoms with Crippen molar-refractivity contribution in [3.05, 3.63) is 60.4 Å². The van der Waals surface area contributed by atoms with Crippen LogP contribution >= 0.6 is 11.8 Å². The van der Waals surface area contributed by atoms with Gasteiger partial charge in [-0.1, -0.05) is 48.5 Å². The van der Waals surface area contributed by atoms with Crippen molar-refractivity contribution in [1.29, 1.82) is 0 Å². The van der Waals surface area contributed by atoms with Crippen LogP contribution in [0.4, 0.5) is 0 Å². The Morgan fingerprint density at radius 2 is 1.67 bits per heavy atom. The van der Waals surface area contributed by atoms with E-state index in [1.165, 1.54) is 19.3 Å². The van der Waals surface area contributed by atoms with Gasteiger partial charge in [-0.15, -0.1) is 10.2 Å². The lowest BCUT2D eigenvalue weighted by Gasteiger charge is -2.26. The van der Waals surface area contributed by atoms with Gasteiger partial charge in [0.25, 0.3) is 0 Å². The lowest BCUT2D eigenvalue weighted by atomic mass is 10.1.